The fourth-order valence-corrected chi connectivity index (χ4v) is 3.03. The molecule has 0 aliphatic carbocycles. The average molecular weight is 347 g/mol. The number of esters is 1. The molecule has 1 fully saturated rings. The molecule has 2 aliphatic rings. The molecule has 1 aromatic carbocycles. The zero-order chi connectivity index (χ0) is 17.8. The molecule has 134 valence electrons. The van der Waals surface area contributed by atoms with Crippen molar-refractivity contribution in [2.45, 2.75) is 26.2 Å². The number of ether oxygens (including phenoxy) is 3. The fraction of sp³-hybridized carbons (Fsp3) is 0.500. The highest BCUT2D eigenvalue weighted by molar-refractivity contribution is 6.01. The number of hydrogen-bond acceptors (Lipinski definition) is 6. The number of nitrogens with zero attached hydrogens (tertiary/aromatic N) is 1. The number of Topliss-reactive ketones (excluding diaryl/α,β-unsaturated/α-hetero) is 1. The number of hydrogen-bond donors (Lipinski definition) is 0. The summed E-state index contributed by atoms with van der Waals surface area (Å²) in [4.78, 5) is 37.7. The van der Waals surface area contributed by atoms with Gasteiger partial charge in [0.05, 0.1) is 13.2 Å². The number of piperidine rings is 1. The zero-order valence-corrected chi connectivity index (χ0v) is 14.2. The molecule has 2 heterocycles. The van der Waals surface area contributed by atoms with Crippen LogP contribution < -0.4 is 9.47 Å². The van der Waals surface area contributed by atoms with E-state index in [9.17, 15) is 14.4 Å². The summed E-state index contributed by atoms with van der Waals surface area (Å²) in [6, 6.07) is 5.60. The molecule has 0 spiro atoms. The molecule has 0 bridgehead atoms. The van der Waals surface area contributed by atoms with E-state index >= 15 is 0 Å². The first kappa shape index (κ1) is 17.3. The Kier molecular flexibility index (Phi) is 5.21. The summed E-state index contributed by atoms with van der Waals surface area (Å²) >= 11 is 0. The van der Waals surface area contributed by atoms with Gasteiger partial charge in [-0.1, -0.05) is 6.07 Å². The maximum Gasteiger partial charge on any atom is 0.316 e. The molecule has 7 heteroatoms. The number of carbonyl (C=O) groups excluding carboxylic acids is 3. The molecule has 0 radical (unpaired) electrons. The van der Waals surface area contributed by atoms with Crippen LogP contribution in [0.2, 0.25) is 0 Å². The van der Waals surface area contributed by atoms with Crippen molar-refractivity contribution in [3.8, 4) is 11.5 Å². The summed E-state index contributed by atoms with van der Waals surface area (Å²) in [6.07, 6.45) is 1.19. The summed E-state index contributed by atoms with van der Waals surface area (Å²) in [6.45, 7) is 2.55. The first-order valence-electron chi connectivity index (χ1n) is 8.44. The second-order valence-corrected chi connectivity index (χ2v) is 6.06. The van der Waals surface area contributed by atoms with E-state index < -0.39 is 11.9 Å². The predicted octanol–water partition coefficient (Wildman–Crippen LogP) is 1.33. The largest absolute Gasteiger partial charge is 0.465 e. The molecule has 3 rings (SSSR count). The van der Waals surface area contributed by atoms with E-state index in [1.165, 1.54) is 4.90 Å². The molecule has 0 N–H and O–H groups in total. The van der Waals surface area contributed by atoms with Gasteiger partial charge < -0.3 is 19.1 Å². The van der Waals surface area contributed by atoms with E-state index in [4.69, 9.17) is 14.2 Å². The highest BCUT2D eigenvalue weighted by Crippen LogP contribution is 2.32. The van der Waals surface area contributed by atoms with Crippen LogP contribution in [0, 0.1) is 5.92 Å². The molecule has 0 aromatic heterocycles. The van der Waals surface area contributed by atoms with Crippen molar-refractivity contribution in [2.75, 3.05) is 26.5 Å². The number of benzene rings is 1. The van der Waals surface area contributed by atoms with E-state index in [1.54, 1.807) is 6.92 Å². The van der Waals surface area contributed by atoms with E-state index in [1.807, 2.05) is 18.2 Å². The third kappa shape index (κ3) is 3.92. The van der Waals surface area contributed by atoms with Crippen LogP contribution in [0.3, 0.4) is 0 Å². The molecular weight excluding hydrogens is 326 g/mol. The molecule has 1 saturated heterocycles. The topological polar surface area (TPSA) is 82.1 Å². The van der Waals surface area contributed by atoms with Crippen molar-refractivity contribution in [1.82, 2.24) is 4.90 Å². The monoisotopic (exact) mass is 347 g/mol. The van der Waals surface area contributed by atoms with Gasteiger partial charge in [-0.15, -0.1) is 0 Å². The predicted molar refractivity (Wildman–Crippen MR) is 87.2 cm³/mol. The Balaban J connectivity index is 1.51. The average Bonchev–Trinajstić information content (AvgIpc) is 3.07. The molecule has 1 atom stereocenters. The first-order chi connectivity index (χ1) is 12.1. The number of aryl methyl sites for hydroxylation is 1. The van der Waals surface area contributed by atoms with Crippen molar-refractivity contribution in [3.05, 3.63) is 23.8 Å². The van der Waals surface area contributed by atoms with E-state index in [0.717, 1.165) is 5.56 Å². The van der Waals surface area contributed by atoms with Crippen LogP contribution in [-0.4, -0.2) is 49.0 Å². The Morgan fingerprint density at radius 3 is 2.84 bits per heavy atom. The van der Waals surface area contributed by atoms with Gasteiger partial charge >= 0.3 is 5.97 Å². The second-order valence-electron chi connectivity index (χ2n) is 6.06. The Morgan fingerprint density at radius 1 is 1.28 bits per heavy atom. The smallest absolute Gasteiger partial charge is 0.316 e. The minimum absolute atomic E-state index is 0.0244. The summed E-state index contributed by atoms with van der Waals surface area (Å²) in [5, 5.41) is 0. The Labute approximate surface area is 145 Å². The maximum atomic E-state index is 12.4. The van der Waals surface area contributed by atoms with Crippen molar-refractivity contribution in [2.24, 2.45) is 5.92 Å². The molecular formula is C18H21NO6. The number of likely N-dealkylation sites (tertiary alicyclic amines) is 1. The van der Waals surface area contributed by atoms with Crippen molar-refractivity contribution in [3.63, 3.8) is 0 Å². The van der Waals surface area contributed by atoms with Gasteiger partial charge in [0.2, 0.25) is 12.7 Å². The highest BCUT2D eigenvalue weighted by Gasteiger charge is 2.35. The molecule has 2 aliphatic heterocycles. The van der Waals surface area contributed by atoms with Crippen LogP contribution in [0.25, 0.3) is 0 Å². The van der Waals surface area contributed by atoms with Gasteiger partial charge in [0, 0.05) is 13.0 Å². The third-order valence-electron chi connectivity index (χ3n) is 4.41. The van der Waals surface area contributed by atoms with Crippen molar-refractivity contribution < 1.29 is 28.6 Å². The first-order valence-corrected chi connectivity index (χ1v) is 8.44. The molecule has 0 saturated carbocycles. The SMILES string of the molecule is CCOC(=O)C1CCN(C(=O)CCc2ccc3c(c2)OCO3)CC1=O. The third-order valence-corrected chi connectivity index (χ3v) is 4.41. The molecule has 25 heavy (non-hydrogen) atoms. The van der Waals surface area contributed by atoms with Crippen molar-refractivity contribution >= 4 is 17.7 Å². The lowest BCUT2D eigenvalue weighted by molar-refractivity contribution is -0.156. The quantitative estimate of drug-likeness (QED) is 0.590. The van der Waals surface area contributed by atoms with E-state index in [-0.39, 0.29) is 31.6 Å². The Hall–Kier alpha value is -2.57. The van der Waals surface area contributed by atoms with Crippen LogP contribution >= 0.6 is 0 Å². The van der Waals surface area contributed by atoms with Crippen molar-refractivity contribution in [1.29, 1.82) is 0 Å². The van der Waals surface area contributed by atoms with E-state index in [2.05, 4.69) is 0 Å². The van der Waals surface area contributed by atoms with Gasteiger partial charge in [-0.3, -0.25) is 14.4 Å². The maximum absolute atomic E-state index is 12.4. The number of ketones is 1. The second kappa shape index (κ2) is 7.55. The van der Waals surface area contributed by atoms with Crippen LogP contribution in [0.4, 0.5) is 0 Å². The fourth-order valence-electron chi connectivity index (χ4n) is 3.03. The number of fused-ring (bicyclic) bond motifs is 1. The van der Waals surface area contributed by atoms with Gasteiger partial charge in [0.15, 0.2) is 17.3 Å². The van der Waals surface area contributed by atoms with Gasteiger partial charge in [-0.2, -0.15) is 0 Å². The zero-order valence-electron chi connectivity index (χ0n) is 14.2. The van der Waals surface area contributed by atoms with Crippen LogP contribution in [-0.2, 0) is 25.5 Å². The minimum Gasteiger partial charge on any atom is -0.465 e. The lowest BCUT2D eigenvalue weighted by Crippen LogP contribution is -2.46. The Bertz CT molecular complexity index is 686. The van der Waals surface area contributed by atoms with E-state index in [0.29, 0.717) is 37.3 Å². The Morgan fingerprint density at radius 2 is 2.08 bits per heavy atom. The number of amides is 1. The van der Waals surface area contributed by atoms with Crippen LogP contribution in [0.1, 0.15) is 25.3 Å². The van der Waals surface area contributed by atoms with Crippen LogP contribution in [0.5, 0.6) is 11.5 Å². The van der Waals surface area contributed by atoms with Gasteiger partial charge in [0.25, 0.3) is 0 Å². The summed E-state index contributed by atoms with van der Waals surface area (Å²) in [5.74, 6) is -0.163. The van der Waals surface area contributed by atoms with Gasteiger partial charge in [-0.05, 0) is 37.5 Å². The standard InChI is InChI=1S/C18H21NO6/c1-2-23-18(22)13-7-8-19(10-14(13)20)17(21)6-4-12-3-5-15-16(9-12)25-11-24-15/h3,5,9,13H,2,4,6-8,10-11H2,1H3. The molecule has 1 unspecified atom stereocenters. The minimum atomic E-state index is -0.738. The highest BCUT2D eigenvalue weighted by atomic mass is 16.7. The lowest BCUT2D eigenvalue weighted by atomic mass is 9.95. The number of carbonyl (C=O) groups is 3. The summed E-state index contributed by atoms with van der Waals surface area (Å²) in [7, 11) is 0. The normalized spacial score (nSPS) is 19.0. The summed E-state index contributed by atoms with van der Waals surface area (Å²) < 4.78 is 15.5. The molecule has 1 aromatic rings. The number of rotatable bonds is 5. The molecule has 7 nitrogen and oxygen atoms in total. The summed E-state index contributed by atoms with van der Waals surface area (Å²) in [5.41, 5.74) is 0.977. The molecule has 1 amide bonds. The van der Waals surface area contributed by atoms with Gasteiger partial charge in [-0.25, -0.2) is 0 Å². The lowest BCUT2D eigenvalue weighted by Gasteiger charge is -2.29. The van der Waals surface area contributed by atoms with Crippen LogP contribution in [0.15, 0.2) is 18.2 Å². The van der Waals surface area contributed by atoms with Gasteiger partial charge in [0.1, 0.15) is 5.92 Å².